The Labute approximate surface area is 90.2 Å². The van der Waals surface area contributed by atoms with Gasteiger partial charge in [-0.1, -0.05) is 0 Å². The van der Waals surface area contributed by atoms with Gasteiger partial charge in [0.15, 0.2) is 0 Å². The van der Waals surface area contributed by atoms with Crippen molar-refractivity contribution < 1.29 is 4.79 Å². The fraction of sp³-hybridized carbons (Fsp3) is 0. The Balaban J connectivity index is 2.48. The molecule has 16 heavy (non-hydrogen) atoms. The molecule has 0 fully saturated rings. The van der Waals surface area contributed by atoms with Gasteiger partial charge < -0.3 is 10.7 Å². The van der Waals surface area contributed by atoms with Crippen LogP contribution in [-0.2, 0) is 0 Å². The van der Waals surface area contributed by atoms with Crippen LogP contribution in [0.2, 0.25) is 0 Å². The molecule has 0 atom stereocenters. The van der Waals surface area contributed by atoms with Crippen molar-refractivity contribution in [3.8, 4) is 11.3 Å². The van der Waals surface area contributed by atoms with Crippen molar-refractivity contribution in [1.82, 2.24) is 15.0 Å². The molecule has 0 unspecified atom stereocenters. The highest BCUT2D eigenvalue weighted by Crippen LogP contribution is 2.12. The maximum atomic E-state index is 10.9. The number of carbonyl (C=O) groups excluding carboxylic acids is 1. The summed E-state index contributed by atoms with van der Waals surface area (Å²) in [7, 11) is 0. The highest BCUT2D eigenvalue weighted by Gasteiger charge is 2.05. The summed E-state index contributed by atoms with van der Waals surface area (Å²) >= 11 is 0. The van der Waals surface area contributed by atoms with Crippen molar-refractivity contribution in [2.75, 3.05) is 0 Å². The molecule has 0 aromatic carbocycles. The van der Waals surface area contributed by atoms with E-state index in [-0.39, 0.29) is 11.3 Å². The van der Waals surface area contributed by atoms with Gasteiger partial charge in [0.05, 0.1) is 18.1 Å². The van der Waals surface area contributed by atoms with E-state index >= 15 is 0 Å². The molecule has 1 amide bonds. The van der Waals surface area contributed by atoms with Gasteiger partial charge in [0, 0.05) is 17.8 Å². The predicted octanol–water partition coefficient (Wildman–Crippen LogP) is -0.0692. The number of hydrogen-bond acceptors (Lipinski definition) is 4. The van der Waals surface area contributed by atoms with Crippen LogP contribution in [0.5, 0.6) is 0 Å². The van der Waals surface area contributed by atoms with Gasteiger partial charge in [0.2, 0.25) is 5.56 Å². The molecule has 0 saturated heterocycles. The van der Waals surface area contributed by atoms with Crippen LogP contribution < -0.4 is 11.3 Å². The van der Waals surface area contributed by atoms with E-state index in [4.69, 9.17) is 5.73 Å². The second-order valence-corrected chi connectivity index (χ2v) is 3.10. The highest BCUT2D eigenvalue weighted by molar-refractivity contribution is 5.90. The molecule has 0 spiro atoms. The van der Waals surface area contributed by atoms with E-state index in [0.29, 0.717) is 11.3 Å². The number of carbonyl (C=O) groups is 1. The molecular formula is C10H8N4O2. The molecule has 0 saturated carbocycles. The standard InChI is InChI=1S/C10H8N4O2/c11-10(16)8-5-12-4-7(14-8)6-1-2-9(15)13-3-6/h1-5H,(H2,11,16)(H,13,15). The summed E-state index contributed by atoms with van der Waals surface area (Å²) in [6.45, 7) is 0. The monoisotopic (exact) mass is 216 g/mol. The van der Waals surface area contributed by atoms with E-state index in [1.807, 2.05) is 0 Å². The van der Waals surface area contributed by atoms with E-state index in [1.54, 1.807) is 6.07 Å². The summed E-state index contributed by atoms with van der Waals surface area (Å²) in [5, 5.41) is 0. The van der Waals surface area contributed by atoms with Crippen LogP contribution in [-0.4, -0.2) is 20.9 Å². The minimum atomic E-state index is -0.640. The zero-order valence-electron chi connectivity index (χ0n) is 8.18. The fourth-order valence-electron chi connectivity index (χ4n) is 1.19. The van der Waals surface area contributed by atoms with Gasteiger partial charge in [-0.15, -0.1) is 0 Å². The highest BCUT2D eigenvalue weighted by atomic mass is 16.1. The Morgan fingerprint density at radius 3 is 2.75 bits per heavy atom. The summed E-state index contributed by atoms with van der Waals surface area (Å²) in [6, 6.07) is 2.96. The Morgan fingerprint density at radius 1 is 1.31 bits per heavy atom. The van der Waals surface area contributed by atoms with E-state index in [2.05, 4.69) is 15.0 Å². The van der Waals surface area contributed by atoms with Crippen LogP contribution in [0.1, 0.15) is 10.5 Å². The number of pyridine rings is 1. The van der Waals surface area contributed by atoms with Gasteiger partial charge in [0.1, 0.15) is 5.69 Å². The minimum absolute atomic E-state index is 0.0868. The van der Waals surface area contributed by atoms with Crippen molar-refractivity contribution >= 4 is 5.91 Å². The first-order valence-corrected chi connectivity index (χ1v) is 4.48. The zero-order valence-corrected chi connectivity index (χ0v) is 8.18. The quantitative estimate of drug-likeness (QED) is 0.733. The van der Waals surface area contributed by atoms with E-state index < -0.39 is 5.91 Å². The second-order valence-electron chi connectivity index (χ2n) is 3.10. The van der Waals surface area contributed by atoms with Gasteiger partial charge in [0.25, 0.3) is 5.91 Å². The van der Waals surface area contributed by atoms with Crippen LogP contribution in [0.25, 0.3) is 11.3 Å². The Kier molecular flexibility index (Phi) is 2.47. The van der Waals surface area contributed by atoms with Gasteiger partial charge in [-0.25, -0.2) is 4.98 Å². The van der Waals surface area contributed by atoms with Crippen LogP contribution in [0.3, 0.4) is 0 Å². The fourth-order valence-corrected chi connectivity index (χ4v) is 1.19. The SMILES string of the molecule is NC(=O)c1cncc(-c2ccc(=O)[nH]c2)n1. The number of aromatic nitrogens is 3. The molecular weight excluding hydrogens is 208 g/mol. The minimum Gasteiger partial charge on any atom is -0.364 e. The average Bonchev–Trinajstić information content (AvgIpc) is 2.30. The Morgan fingerprint density at radius 2 is 2.12 bits per heavy atom. The summed E-state index contributed by atoms with van der Waals surface area (Å²) in [6.07, 6.45) is 4.27. The number of primary amides is 1. The van der Waals surface area contributed by atoms with Crippen molar-refractivity contribution in [2.24, 2.45) is 5.73 Å². The number of hydrogen-bond donors (Lipinski definition) is 2. The first-order valence-electron chi connectivity index (χ1n) is 4.48. The van der Waals surface area contributed by atoms with Gasteiger partial charge in [-0.3, -0.25) is 14.6 Å². The summed E-state index contributed by atoms with van der Waals surface area (Å²) in [5.41, 5.74) is 6.11. The third-order valence-corrected chi connectivity index (χ3v) is 1.97. The van der Waals surface area contributed by atoms with Gasteiger partial charge >= 0.3 is 0 Å². The molecule has 0 bridgehead atoms. The van der Waals surface area contributed by atoms with Crippen molar-refractivity contribution in [1.29, 1.82) is 0 Å². The summed E-state index contributed by atoms with van der Waals surface area (Å²) in [4.78, 5) is 32.1. The molecule has 6 heteroatoms. The molecule has 2 aromatic rings. The molecule has 2 heterocycles. The molecule has 80 valence electrons. The normalized spacial score (nSPS) is 10.0. The Hall–Kier alpha value is -2.50. The molecule has 0 radical (unpaired) electrons. The van der Waals surface area contributed by atoms with Crippen LogP contribution in [0.15, 0.2) is 35.5 Å². The van der Waals surface area contributed by atoms with Crippen molar-refractivity contribution in [3.05, 3.63) is 46.8 Å². The second kappa shape index (κ2) is 3.93. The lowest BCUT2D eigenvalue weighted by molar-refractivity contribution is 0.0995. The smallest absolute Gasteiger partial charge is 0.268 e. The molecule has 2 aromatic heterocycles. The van der Waals surface area contributed by atoms with Crippen LogP contribution >= 0.6 is 0 Å². The van der Waals surface area contributed by atoms with E-state index in [0.717, 1.165) is 0 Å². The predicted molar refractivity (Wildman–Crippen MR) is 56.6 cm³/mol. The average molecular weight is 216 g/mol. The largest absolute Gasteiger partial charge is 0.364 e. The zero-order chi connectivity index (χ0) is 11.5. The van der Waals surface area contributed by atoms with Crippen molar-refractivity contribution in [2.45, 2.75) is 0 Å². The number of rotatable bonds is 2. The lowest BCUT2D eigenvalue weighted by Crippen LogP contribution is -2.13. The number of nitrogens with zero attached hydrogens (tertiary/aromatic N) is 2. The number of nitrogens with one attached hydrogen (secondary N) is 1. The summed E-state index contributed by atoms with van der Waals surface area (Å²) < 4.78 is 0. The van der Waals surface area contributed by atoms with Crippen molar-refractivity contribution in [3.63, 3.8) is 0 Å². The lowest BCUT2D eigenvalue weighted by Gasteiger charge is -2.00. The molecule has 6 nitrogen and oxygen atoms in total. The first kappa shape index (κ1) is 10.0. The number of amides is 1. The molecule has 3 N–H and O–H groups in total. The summed E-state index contributed by atoms with van der Waals surface area (Å²) in [5.74, 6) is -0.640. The third-order valence-electron chi connectivity index (χ3n) is 1.97. The third kappa shape index (κ3) is 1.95. The van der Waals surface area contributed by atoms with E-state index in [1.165, 1.54) is 24.7 Å². The van der Waals surface area contributed by atoms with Gasteiger partial charge in [-0.05, 0) is 6.07 Å². The molecule has 0 aliphatic carbocycles. The number of H-pyrrole nitrogens is 1. The Bertz CT molecular complexity index is 571. The number of aromatic amines is 1. The molecule has 2 rings (SSSR count). The maximum Gasteiger partial charge on any atom is 0.268 e. The number of nitrogens with two attached hydrogens (primary N) is 1. The first-order chi connectivity index (χ1) is 7.66. The van der Waals surface area contributed by atoms with Crippen LogP contribution in [0, 0.1) is 0 Å². The topological polar surface area (TPSA) is 102 Å². The lowest BCUT2D eigenvalue weighted by atomic mass is 10.2. The van der Waals surface area contributed by atoms with E-state index in [9.17, 15) is 9.59 Å². The van der Waals surface area contributed by atoms with Gasteiger partial charge in [-0.2, -0.15) is 0 Å². The maximum absolute atomic E-state index is 10.9. The van der Waals surface area contributed by atoms with Crippen LogP contribution in [0.4, 0.5) is 0 Å². The molecule has 0 aliphatic rings. The molecule has 0 aliphatic heterocycles.